The van der Waals surface area contributed by atoms with Gasteiger partial charge in [0.2, 0.25) is 5.82 Å². The molecule has 6 rings (SSSR count). The summed E-state index contributed by atoms with van der Waals surface area (Å²) >= 11 is 5.73. The molecule has 0 fully saturated rings. The standard InChI is InChI=1S/C16H16N8.C6H4ClN3/c1-11(2)24-21-15(20-22-24)12-5-3-6-13(9-12)19-16-14-7-4-8-23(14)18-10-17-16;7-6-5-2-1-3-10(5)9-4-8-6/h3-11H,1-2H3,(H,17,18,19);1-4H. The molecule has 11 nitrogen and oxygen atoms in total. The molecule has 1 aromatic carbocycles. The largest absolute Gasteiger partial charge is 0.338 e. The van der Waals surface area contributed by atoms with Crippen molar-refractivity contribution in [3.05, 3.63) is 78.7 Å². The smallest absolute Gasteiger partial charge is 0.205 e. The number of benzene rings is 1. The van der Waals surface area contributed by atoms with E-state index in [1.54, 1.807) is 13.8 Å². The maximum atomic E-state index is 5.73. The highest BCUT2D eigenvalue weighted by Crippen LogP contribution is 2.23. The minimum atomic E-state index is 0.177. The van der Waals surface area contributed by atoms with Crippen LogP contribution in [-0.4, -0.2) is 49.4 Å². The molecule has 5 heterocycles. The van der Waals surface area contributed by atoms with E-state index in [9.17, 15) is 0 Å². The van der Waals surface area contributed by atoms with E-state index in [0.29, 0.717) is 11.0 Å². The predicted octanol–water partition coefficient (Wildman–Crippen LogP) is 4.09. The third kappa shape index (κ3) is 4.41. The van der Waals surface area contributed by atoms with Crippen LogP contribution in [0, 0.1) is 0 Å². The molecule has 6 aromatic rings. The molecule has 34 heavy (non-hydrogen) atoms. The van der Waals surface area contributed by atoms with E-state index in [2.05, 4.69) is 40.9 Å². The van der Waals surface area contributed by atoms with Gasteiger partial charge in [0.05, 0.1) is 6.04 Å². The quantitative estimate of drug-likeness (QED) is 0.407. The van der Waals surface area contributed by atoms with Crippen LogP contribution in [0.1, 0.15) is 19.9 Å². The zero-order valence-electron chi connectivity index (χ0n) is 18.4. The van der Waals surface area contributed by atoms with Crippen molar-refractivity contribution in [2.75, 3.05) is 5.32 Å². The molecule has 0 unspecified atom stereocenters. The number of nitrogens with zero attached hydrogens (tertiary/aromatic N) is 10. The van der Waals surface area contributed by atoms with E-state index in [-0.39, 0.29) is 6.04 Å². The summed E-state index contributed by atoms with van der Waals surface area (Å²) in [7, 11) is 0. The van der Waals surface area contributed by atoms with Gasteiger partial charge in [0.15, 0.2) is 11.0 Å². The van der Waals surface area contributed by atoms with Crippen LogP contribution in [0.5, 0.6) is 0 Å². The molecule has 0 bridgehead atoms. The Balaban J connectivity index is 0.000000200. The molecule has 0 aliphatic heterocycles. The molecule has 0 saturated heterocycles. The topological polar surface area (TPSA) is 116 Å². The van der Waals surface area contributed by atoms with E-state index in [1.807, 2.05) is 74.8 Å². The van der Waals surface area contributed by atoms with Crippen LogP contribution in [0.4, 0.5) is 11.5 Å². The zero-order chi connectivity index (χ0) is 23.5. The van der Waals surface area contributed by atoms with Crippen molar-refractivity contribution >= 4 is 34.1 Å². The van der Waals surface area contributed by atoms with Gasteiger partial charge >= 0.3 is 0 Å². The predicted molar refractivity (Wildman–Crippen MR) is 128 cm³/mol. The number of anilines is 2. The van der Waals surface area contributed by atoms with E-state index < -0.39 is 0 Å². The molecule has 0 amide bonds. The zero-order valence-corrected chi connectivity index (χ0v) is 19.1. The maximum absolute atomic E-state index is 5.73. The summed E-state index contributed by atoms with van der Waals surface area (Å²) < 4.78 is 3.45. The van der Waals surface area contributed by atoms with E-state index in [1.165, 1.54) is 12.7 Å². The SMILES string of the molecule is CC(C)n1nnc(-c2cccc(Nc3ncnn4cccc34)c2)n1.Clc1ncnn2cccc12. The van der Waals surface area contributed by atoms with Gasteiger partial charge in [-0.2, -0.15) is 15.0 Å². The van der Waals surface area contributed by atoms with Gasteiger partial charge in [0.25, 0.3) is 0 Å². The van der Waals surface area contributed by atoms with Crippen molar-refractivity contribution in [3.8, 4) is 11.4 Å². The molecular formula is C22H20ClN11. The van der Waals surface area contributed by atoms with Crippen LogP contribution in [-0.2, 0) is 0 Å². The summed E-state index contributed by atoms with van der Waals surface area (Å²) in [4.78, 5) is 9.73. The number of nitrogens with one attached hydrogen (secondary N) is 1. The first-order chi connectivity index (χ1) is 16.6. The number of hydrogen-bond donors (Lipinski definition) is 1. The van der Waals surface area contributed by atoms with Crippen LogP contribution < -0.4 is 5.32 Å². The summed E-state index contributed by atoms with van der Waals surface area (Å²) in [6.07, 6.45) is 6.65. The highest BCUT2D eigenvalue weighted by atomic mass is 35.5. The van der Waals surface area contributed by atoms with Crippen molar-refractivity contribution in [2.24, 2.45) is 0 Å². The second kappa shape index (κ2) is 9.24. The average Bonchev–Trinajstić information content (AvgIpc) is 3.60. The fraction of sp³-hybridized carbons (Fsp3) is 0.136. The molecule has 0 aliphatic rings. The van der Waals surface area contributed by atoms with Crippen molar-refractivity contribution < 1.29 is 0 Å². The molecule has 1 N–H and O–H groups in total. The Morgan fingerprint density at radius 3 is 2.35 bits per heavy atom. The molecule has 5 aromatic heterocycles. The van der Waals surface area contributed by atoms with Gasteiger partial charge in [-0.25, -0.2) is 19.0 Å². The normalized spacial score (nSPS) is 11.1. The summed E-state index contributed by atoms with van der Waals surface area (Å²) in [5, 5.41) is 24.5. The number of fused-ring (bicyclic) bond motifs is 2. The Hall–Kier alpha value is -4.38. The molecule has 12 heteroatoms. The lowest BCUT2D eigenvalue weighted by atomic mass is 10.2. The van der Waals surface area contributed by atoms with Gasteiger partial charge < -0.3 is 5.32 Å². The second-order valence-corrected chi connectivity index (χ2v) is 7.93. The van der Waals surface area contributed by atoms with E-state index in [0.717, 1.165) is 28.1 Å². The highest BCUT2D eigenvalue weighted by Gasteiger charge is 2.09. The van der Waals surface area contributed by atoms with Gasteiger partial charge in [0, 0.05) is 23.6 Å². The lowest BCUT2D eigenvalue weighted by molar-refractivity contribution is 0.455. The van der Waals surface area contributed by atoms with Gasteiger partial charge in [-0.05, 0) is 55.5 Å². The van der Waals surface area contributed by atoms with Gasteiger partial charge in [-0.3, -0.25) is 0 Å². The first kappa shape index (κ1) is 21.5. The minimum Gasteiger partial charge on any atom is -0.338 e. The Morgan fingerprint density at radius 1 is 0.882 bits per heavy atom. The molecule has 0 spiro atoms. The average molecular weight is 474 g/mol. The first-order valence-electron chi connectivity index (χ1n) is 10.5. The fourth-order valence-corrected chi connectivity index (χ4v) is 3.42. The summed E-state index contributed by atoms with van der Waals surface area (Å²) in [6, 6.07) is 15.7. The Morgan fingerprint density at radius 2 is 1.62 bits per heavy atom. The number of rotatable bonds is 4. The van der Waals surface area contributed by atoms with Crippen LogP contribution in [0.3, 0.4) is 0 Å². The molecule has 170 valence electrons. The van der Waals surface area contributed by atoms with Crippen molar-refractivity contribution in [1.82, 2.24) is 49.4 Å². The minimum absolute atomic E-state index is 0.177. The van der Waals surface area contributed by atoms with Gasteiger partial charge in [-0.15, -0.1) is 10.2 Å². The molecule has 0 radical (unpaired) electrons. The molecule has 0 aliphatic carbocycles. The fourth-order valence-electron chi connectivity index (χ4n) is 3.23. The second-order valence-electron chi connectivity index (χ2n) is 7.57. The van der Waals surface area contributed by atoms with Crippen LogP contribution in [0.25, 0.3) is 22.4 Å². The number of halogens is 1. The van der Waals surface area contributed by atoms with Gasteiger partial charge in [-0.1, -0.05) is 23.7 Å². The summed E-state index contributed by atoms with van der Waals surface area (Å²) in [5.41, 5.74) is 3.54. The molecule has 0 saturated carbocycles. The monoisotopic (exact) mass is 473 g/mol. The van der Waals surface area contributed by atoms with E-state index in [4.69, 9.17) is 11.6 Å². The highest BCUT2D eigenvalue weighted by molar-refractivity contribution is 6.32. The Labute approximate surface area is 199 Å². The van der Waals surface area contributed by atoms with Gasteiger partial charge in [0.1, 0.15) is 23.7 Å². The third-order valence-corrected chi connectivity index (χ3v) is 5.19. The maximum Gasteiger partial charge on any atom is 0.205 e. The number of aromatic nitrogens is 10. The van der Waals surface area contributed by atoms with Crippen molar-refractivity contribution in [3.63, 3.8) is 0 Å². The number of hydrogen-bond acceptors (Lipinski definition) is 8. The molecular weight excluding hydrogens is 454 g/mol. The molecule has 0 atom stereocenters. The summed E-state index contributed by atoms with van der Waals surface area (Å²) in [5.74, 6) is 1.34. The number of tetrazole rings is 1. The van der Waals surface area contributed by atoms with Crippen LogP contribution >= 0.6 is 11.6 Å². The summed E-state index contributed by atoms with van der Waals surface area (Å²) in [6.45, 7) is 4.03. The lowest BCUT2D eigenvalue weighted by Gasteiger charge is -2.07. The first-order valence-corrected chi connectivity index (χ1v) is 10.9. The van der Waals surface area contributed by atoms with E-state index >= 15 is 0 Å². The Kier molecular flexibility index (Phi) is 5.83. The van der Waals surface area contributed by atoms with Crippen LogP contribution in [0.15, 0.2) is 73.6 Å². The van der Waals surface area contributed by atoms with Crippen LogP contribution in [0.2, 0.25) is 5.15 Å². The van der Waals surface area contributed by atoms with Crippen molar-refractivity contribution in [1.29, 1.82) is 0 Å². The van der Waals surface area contributed by atoms with Crippen molar-refractivity contribution in [2.45, 2.75) is 19.9 Å². The lowest BCUT2D eigenvalue weighted by Crippen LogP contribution is -2.04. The third-order valence-electron chi connectivity index (χ3n) is 4.89. The Bertz CT molecular complexity index is 1550.